The van der Waals surface area contributed by atoms with Crippen molar-refractivity contribution < 1.29 is 4.74 Å². The molecule has 0 atom stereocenters. The van der Waals surface area contributed by atoms with Gasteiger partial charge in [-0.3, -0.25) is 0 Å². The van der Waals surface area contributed by atoms with E-state index in [1.54, 1.807) is 11.6 Å². The number of hydrogen-bond donors (Lipinski definition) is 1. The molecule has 0 bridgehead atoms. The van der Waals surface area contributed by atoms with E-state index in [2.05, 4.69) is 20.4 Å². The summed E-state index contributed by atoms with van der Waals surface area (Å²) in [6, 6.07) is 20.0. The fourth-order valence-electron chi connectivity index (χ4n) is 2.63. The van der Waals surface area contributed by atoms with Crippen molar-refractivity contribution in [3.8, 4) is 17.0 Å². The lowest BCUT2D eigenvalue weighted by Gasteiger charge is -2.10. The van der Waals surface area contributed by atoms with Crippen LogP contribution in [0.5, 0.6) is 5.75 Å². The Labute approximate surface area is 145 Å². The van der Waals surface area contributed by atoms with Gasteiger partial charge in [-0.1, -0.05) is 42.5 Å². The summed E-state index contributed by atoms with van der Waals surface area (Å²) in [7, 11) is 1.66. The molecular weight excluding hydrogens is 314 g/mol. The normalized spacial score (nSPS) is 10.8. The largest absolute Gasteiger partial charge is 0.497 e. The van der Waals surface area contributed by atoms with Gasteiger partial charge >= 0.3 is 0 Å². The standard InChI is InChI=1S/C19H17N5O/c1-25-16-9-7-14(8-10-16)12-20-18-11-17(15-5-3-2-4-6-15)23-19-21-13-22-24(18)19/h2-11,13,20H,12H2,1H3. The van der Waals surface area contributed by atoms with Crippen molar-refractivity contribution in [2.45, 2.75) is 6.54 Å². The van der Waals surface area contributed by atoms with E-state index in [1.807, 2.05) is 60.7 Å². The van der Waals surface area contributed by atoms with Crippen LogP contribution in [0.2, 0.25) is 0 Å². The highest BCUT2D eigenvalue weighted by Crippen LogP contribution is 2.21. The first-order valence-corrected chi connectivity index (χ1v) is 7.96. The minimum atomic E-state index is 0.568. The van der Waals surface area contributed by atoms with Gasteiger partial charge < -0.3 is 10.1 Å². The molecule has 0 amide bonds. The first-order valence-electron chi connectivity index (χ1n) is 7.96. The zero-order valence-corrected chi connectivity index (χ0v) is 13.8. The van der Waals surface area contributed by atoms with E-state index < -0.39 is 0 Å². The predicted molar refractivity (Wildman–Crippen MR) is 96.5 cm³/mol. The zero-order chi connectivity index (χ0) is 17.1. The molecule has 0 unspecified atom stereocenters. The molecule has 0 aliphatic heterocycles. The fourth-order valence-corrected chi connectivity index (χ4v) is 2.63. The molecule has 0 radical (unpaired) electrons. The second-order valence-corrected chi connectivity index (χ2v) is 5.57. The molecule has 0 spiro atoms. The summed E-state index contributed by atoms with van der Waals surface area (Å²) in [6.07, 6.45) is 1.51. The number of rotatable bonds is 5. The summed E-state index contributed by atoms with van der Waals surface area (Å²) in [5.74, 6) is 2.26. The Morgan fingerprint density at radius 3 is 2.60 bits per heavy atom. The molecule has 0 saturated carbocycles. The maximum Gasteiger partial charge on any atom is 0.254 e. The van der Waals surface area contributed by atoms with E-state index in [0.717, 1.165) is 28.4 Å². The molecular formula is C19H17N5O. The molecule has 1 N–H and O–H groups in total. The van der Waals surface area contributed by atoms with Gasteiger partial charge in [0.05, 0.1) is 12.8 Å². The van der Waals surface area contributed by atoms with E-state index in [-0.39, 0.29) is 0 Å². The summed E-state index contributed by atoms with van der Waals surface area (Å²) < 4.78 is 6.90. The minimum absolute atomic E-state index is 0.568. The molecule has 2 heterocycles. The Bertz CT molecular complexity index is 980. The maximum atomic E-state index is 5.19. The molecule has 0 aliphatic carbocycles. The van der Waals surface area contributed by atoms with Crippen LogP contribution in [-0.4, -0.2) is 26.7 Å². The van der Waals surface area contributed by atoms with Crippen LogP contribution in [0, 0.1) is 0 Å². The van der Waals surface area contributed by atoms with E-state index in [1.165, 1.54) is 6.33 Å². The van der Waals surface area contributed by atoms with Crippen molar-refractivity contribution in [3.63, 3.8) is 0 Å². The van der Waals surface area contributed by atoms with Crippen LogP contribution >= 0.6 is 0 Å². The quantitative estimate of drug-likeness (QED) is 0.607. The highest BCUT2D eigenvalue weighted by Gasteiger charge is 2.09. The van der Waals surface area contributed by atoms with Crippen LogP contribution in [-0.2, 0) is 6.54 Å². The highest BCUT2D eigenvalue weighted by atomic mass is 16.5. The summed E-state index contributed by atoms with van der Waals surface area (Å²) in [6.45, 7) is 0.664. The predicted octanol–water partition coefficient (Wildman–Crippen LogP) is 3.41. The van der Waals surface area contributed by atoms with Crippen molar-refractivity contribution in [2.24, 2.45) is 0 Å². The topological polar surface area (TPSA) is 64.3 Å². The smallest absolute Gasteiger partial charge is 0.254 e. The Morgan fingerprint density at radius 1 is 1.04 bits per heavy atom. The summed E-state index contributed by atoms with van der Waals surface area (Å²) in [4.78, 5) is 8.80. The average Bonchev–Trinajstić information content (AvgIpc) is 3.16. The Kier molecular flexibility index (Phi) is 4.00. The van der Waals surface area contributed by atoms with Crippen LogP contribution in [0.4, 0.5) is 5.82 Å². The van der Waals surface area contributed by atoms with Gasteiger partial charge in [-0.05, 0) is 17.7 Å². The van der Waals surface area contributed by atoms with Gasteiger partial charge in [-0.2, -0.15) is 14.6 Å². The van der Waals surface area contributed by atoms with Crippen molar-refractivity contribution in [1.29, 1.82) is 0 Å². The lowest BCUT2D eigenvalue weighted by molar-refractivity contribution is 0.414. The lowest BCUT2D eigenvalue weighted by Crippen LogP contribution is -2.07. The van der Waals surface area contributed by atoms with Crippen molar-refractivity contribution in [3.05, 3.63) is 72.6 Å². The molecule has 25 heavy (non-hydrogen) atoms. The number of nitrogens with zero attached hydrogens (tertiary/aromatic N) is 4. The van der Waals surface area contributed by atoms with Crippen LogP contribution in [0.25, 0.3) is 17.0 Å². The SMILES string of the molecule is COc1ccc(CNc2cc(-c3ccccc3)nc3ncnn23)cc1. The van der Waals surface area contributed by atoms with E-state index in [0.29, 0.717) is 12.3 Å². The van der Waals surface area contributed by atoms with Crippen molar-refractivity contribution in [1.82, 2.24) is 19.6 Å². The third-order valence-corrected chi connectivity index (χ3v) is 3.95. The van der Waals surface area contributed by atoms with Gasteiger partial charge in [0.1, 0.15) is 17.9 Å². The molecule has 4 rings (SSSR count). The van der Waals surface area contributed by atoms with Gasteiger partial charge in [-0.25, -0.2) is 4.98 Å². The van der Waals surface area contributed by atoms with Crippen LogP contribution in [0.1, 0.15) is 5.56 Å². The van der Waals surface area contributed by atoms with E-state index >= 15 is 0 Å². The number of hydrogen-bond acceptors (Lipinski definition) is 5. The molecule has 6 nitrogen and oxygen atoms in total. The second kappa shape index (κ2) is 6.60. The summed E-state index contributed by atoms with van der Waals surface area (Å²) >= 11 is 0. The fraction of sp³-hybridized carbons (Fsp3) is 0.105. The Balaban J connectivity index is 1.64. The highest BCUT2D eigenvalue weighted by molar-refractivity contribution is 5.65. The molecule has 0 saturated heterocycles. The Morgan fingerprint density at radius 2 is 1.84 bits per heavy atom. The first-order chi connectivity index (χ1) is 12.3. The zero-order valence-electron chi connectivity index (χ0n) is 13.8. The number of benzene rings is 2. The van der Waals surface area contributed by atoms with Gasteiger partial charge in [0.15, 0.2) is 0 Å². The van der Waals surface area contributed by atoms with Crippen LogP contribution in [0.3, 0.4) is 0 Å². The van der Waals surface area contributed by atoms with Crippen molar-refractivity contribution in [2.75, 3.05) is 12.4 Å². The number of ether oxygens (including phenoxy) is 1. The molecule has 2 aromatic carbocycles. The van der Waals surface area contributed by atoms with E-state index in [9.17, 15) is 0 Å². The third-order valence-electron chi connectivity index (χ3n) is 3.95. The number of methoxy groups -OCH3 is 1. The van der Waals surface area contributed by atoms with Crippen LogP contribution < -0.4 is 10.1 Å². The average molecular weight is 331 g/mol. The molecule has 4 aromatic rings. The number of fused-ring (bicyclic) bond motifs is 1. The van der Waals surface area contributed by atoms with Crippen LogP contribution in [0.15, 0.2) is 67.0 Å². The molecule has 0 aliphatic rings. The lowest BCUT2D eigenvalue weighted by atomic mass is 10.1. The molecule has 124 valence electrons. The third kappa shape index (κ3) is 3.14. The molecule has 0 fully saturated rings. The van der Waals surface area contributed by atoms with Gasteiger partial charge in [0.25, 0.3) is 5.78 Å². The minimum Gasteiger partial charge on any atom is -0.497 e. The Hall–Kier alpha value is -3.41. The van der Waals surface area contributed by atoms with Gasteiger partial charge in [-0.15, -0.1) is 0 Å². The number of aromatic nitrogens is 4. The first kappa shape index (κ1) is 15.1. The summed E-state index contributed by atoms with van der Waals surface area (Å²) in [5.41, 5.74) is 3.05. The molecule has 2 aromatic heterocycles. The van der Waals surface area contributed by atoms with E-state index in [4.69, 9.17) is 4.74 Å². The monoisotopic (exact) mass is 331 g/mol. The van der Waals surface area contributed by atoms with Gasteiger partial charge in [0.2, 0.25) is 0 Å². The number of anilines is 1. The second-order valence-electron chi connectivity index (χ2n) is 5.57. The maximum absolute atomic E-state index is 5.19. The summed E-state index contributed by atoms with van der Waals surface area (Å²) in [5, 5.41) is 7.67. The van der Waals surface area contributed by atoms with Gasteiger partial charge in [0, 0.05) is 18.2 Å². The van der Waals surface area contributed by atoms with Crippen molar-refractivity contribution >= 4 is 11.6 Å². The molecule has 6 heteroatoms. The number of nitrogens with one attached hydrogen (secondary N) is 1.